The Labute approximate surface area is 247 Å². The molecule has 1 aliphatic heterocycles. The van der Waals surface area contributed by atoms with Gasteiger partial charge in [0, 0.05) is 29.9 Å². The van der Waals surface area contributed by atoms with Crippen LogP contribution in [0.2, 0.25) is 0 Å². The maximum Gasteiger partial charge on any atom is 0.261 e. The number of carbonyl (C=O) groups excluding carboxylic acids is 1. The minimum Gasteiger partial charge on any atom is -0.493 e. The highest BCUT2D eigenvalue weighted by molar-refractivity contribution is 6.58. The van der Waals surface area contributed by atoms with E-state index in [0.29, 0.717) is 18.6 Å². The van der Waals surface area contributed by atoms with E-state index in [1.807, 2.05) is 60.7 Å². The fourth-order valence-electron chi connectivity index (χ4n) is 5.50. The maximum absolute atomic E-state index is 14.3. The monoisotopic (exact) mass is 560 g/mol. The number of unbranched alkanes of at least 4 members (excludes halogenated alkanes) is 1. The summed E-state index contributed by atoms with van der Waals surface area (Å²) in [6.45, 7) is 6.98. The maximum atomic E-state index is 14.3. The molecule has 7 nitrogen and oxygen atoms in total. The molecule has 2 heterocycles. The third-order valence-electron chi connectivity index (χ3n) is 7.65. The number of nitrogens with zero attached hydrogens (tertiary/aromatic N) is 2. The van der Waals surface area contributed by atoms with Crippen LogP contribution < -0.4 is 15.6 Å². The molecule has 0 unspecified atom stereocenters. The predicted molar refractivity (Wildman–Crippen MR) is 170 cm³/mol. The summed E-state index contributed by atoms with van der Waals surface area (Å²) in [4.78, 5) is 31.0. The molecule has 1 amide bonds. The molecule has 0 saturated carbocycles. The number of benzene rings is 3. The molecule has 4 aromatic rings. The van der Waals surface area contributed by atoms with Gasteiger partial charge >= 0.3 is 0 Å². The van der Waals surface area contributed by atoms with Crippen molar-refractivity contribution in [3.63, 3.8) is 0 Å². The van der Waals surface area contributed by atoms with E-state index in [4.69, 9.17) is 15.1 Å². The van der Waals surface area contributed by atoms with Gasteiger partial charge in [-0.3, -0.25) is 19.6 Å². The minimum absolute atomic E-state index is 0.0168. The first kappa shape index (κ1) is 29.1. The molecule has 42 heavy (non-hydrogen) atoms. The van der Waals surface area contributed by atoms with Gasteiger partial charge in [-0.15, -0.1) is 0 Å². The lowest BCUT2D eigenvalue weighted by Crippen LogP contribution is -2.30. The van der Waals surface area contributed by atoms with Gasteiger partial charge in [0.15, 0.2) is 5.81 Å². The molecule has 0 atom stereocenters. The van der Waals surface area contributed by atoms with Gasteiger partial charge in [0.1, 0.15) is 17.4 Å². The Hall–Kier alpha value is -4.46. The van der Waals surface area contributed by atoms with Crippen LogP contribution >= 0.6 is 0 Å². The lowest BCUT2D eigenvalue weighted by Gasteiger charge is -2.20. The summed E-state index contributed by atoms with van der Waals surface area (Å²) in [6, 6.07) is 21.6. The fraction of sp³-hybridized carbons (Fsp3) is 0.294. The molecule has 1 aromatic heterocycles. The van der Waals surface area contributed by atoms with Crippen molar-refractivity contribution >= 4 is 19.5 Å². The van der Waals surface area contributed by atoms with Crippen LogP contribution in [0.1, 0.15) is 73.3 Å². The third kappa shape index (κ3) is 6.08. The molecule has 2 N–H and O–H groups in total. The van der Waals surface area contributed by atoms with Crippen LogP contribution in [0.5, 0.6) is 5.75 Å². The van der Waals surface area contributed by atoms with E-state index in [1.54, 1.807) is 4.57 Å². The van der Waals surface area contributed by atoms with E-state index in [1.165, 1.54) is 7.85 Å². The highest BCUT2D eigenvalue weighted by Crippen LogP contribution is 2.29. The number of amides is 1. The minimum atomic E-state index is -0.278. The van der Waals surface area contributed by atoms with Crippen LogP contribution in [-0.2, 0) is 19.3 Å². The number of hydrogen-bond donors (Lipinski definition) is 2. The summed E-state index contributed by atoms with van der Waals surface area (Å²) in [7, 11) is 1.40. The number of aryl methyl sites for hydroxylation is 1. The van der Waals surface area contributed by atoms with Gasteiger partial charge in [0.2, 0.25) is 7.85 Å². The molecule has 0 aliphatic carbocycles. The molecule has 0 bridgehead atoms. The van der Waals surface area contributed by atoms with Gasteiger partial charge in [0.05, 0.1) is 18.0 Å². The second-order valence-corrected chi connectivity index (χ2v) is 11.2. The number of rotatable bonds is 9. The van der Waals surface area contributed by atoms with Crippen LogP contribution in [0, 0.1) is 5.41 Å². The van der Waals surface area contributed by atoms with Crippen molar-refractivity contribution in [1.29, 1.82) is 5.41 Å². The molecule has 5 rings (SSSR count). The van der Waals surface area contributed by atoms with E-state index >= 15 is 0 Å². The highest BCUT2D eigenvalue weighted by Gasteiger charge is 2.22. The quantitative estimate of drug-likeness (QED) is 0.159. The summed E-state index contributed by atoms with van der Waals surface area (Å²) in [6.07, 6.45) is 4.06. The second kappa shape index (κ2) is 12.6. The molecule has 3 aromatic carbocycles. The normalized spacial score (nSPS) is 12.2. The Balaban J connectivity index is 1.54. The smallest absolute Gasteiger partial charge is 0.261 e. The largest absolute Gasteiger partial charge is 0.493 e. The zero-order valence-corrected chi connectivity index (χ0v) is 24.8. The lowest BCUT2D eigenvalue weighted by atomic mass is 9.95. The standard InChI is InChI=1S/C34H37BN4O3/c1-4-5-10-29-28(33(40)39(32(37-29)21(2)3)25-15-16-30-24(20-25)17-18-42-30)19-22-11-13-23(14-12-22)26-8-6-7-9-27(26)31(36)38-34(35)41/h6-9,11-16,20-21H,4-5,10,17-19,35H2,1-3H3,(H2,36,38,41). The summed E-state index contributed by atoms with van der Waals surface area (Å²) >= 11 is 0. The number of amidine groups is 1. The van der Waals surface area contributed by atoms with Crippen molar-refractivity contribution in [2.45, 2.75) is 58.8 Å². The molecule has 0 spiro atoms. The highest BCUT2D eigenvalue weighted by atomic mass is 16.5. The van der Waals surface area contributed by atoms with Gasteiger partial charge in [-0.1, -0.05) is 75.7 Å². The number of nitrogens with one attached hydrogen (secondary N) is 2. The zero-order chi connectivity index (χ0) is 29.8. The van der Waals surface area contributed by atoms with E-state index in [2.05, 4.69) is 32.2 Å². The van der Waals surface area contributed by atoms with Crippen molar-refractivity contribution in [3.05, 3.63) is 111 Å². The molecule has 214 valence electrons. The van der Waals surface area contributed by atoms with E-state index in [-0.39, 0.29) is 23.1 Å². The van der Waals surface area contributed by atoms with Crippen molar-refractivity contribution < 1.29 is 9.53 Å². The van der Waals surface area contributed by atoms with Crippen LogP contribution in [0.3, 0.4) is 0 Å². The summed E-state index contributed by atoms with van der Waals surface area (Å²) in [5, 5.41) is 10.9. The summed E-state index contributed by atoms with van der Waals surface area (Å²) in [5.41, 5.74) is 6.99. The number of hydrogen-bond acceptors (Lipinski definition) is 5. The van der Waals surface area contributed by atoms with Gasteiger partial charge in [-0.05, 0) is 53.3 Å². The van der Waals surface area contributed by atoms with Crippen molar-refractivity contribution in [2.24, 2.45) is 0 Å². The summed E-state index contributed by atoms with van der Waals surface area (Å²) in [5.74, 6) is 1.53. The molecule has 0 saturated heterocycles. The van der Waals surface area contributed by atoms with Crippen molar-refractivity contribution in [1.82, 2.24) is 14.9 Å². The van der Waals surface area contributed by atoms with E-state index in [9.17, 15) is 9.59 Å². The Bertz CT molecular complexity index is 1690. The van der Waals surface area contributed by atoms with Gasteiger partial charge < -0.3 is 10.1 Å². The van der Waals surface area contributed by atoms with Gasteiger partial charge in [-0.2, -0.15) is 0 Å². The Morgan fingerprint density at radius 2 is 1.88 bits per heavy atom. The van der Waals surface area contributed by atoms with Crippen LogP contribution in [0.15, 0.2) is 71.5 Å². The van der Waals surface area contributed by atoms with E-state index in [0.717, 1.165) is 76.5 Å². The molecule has 0 fully saturated rings. The summed E-state index contributed by atoms with van der Waals surface area (Å²) < 4.78 is 7.51. The van der Waals surface area contributed by atoms with Crippen molar-refractivity contribution in [3.8, 4) is 22.6 Å². The van der Waals surface area contributed by atoms with Crippen LogP contribution in [-0.4, -0.2) is 35.6 Å². The third-order valence-corrected chi connectivity index (χ3v) is 7.65. The Kier molecular flexibility index (Phi) is 8.71. The van der Waals surface area contributed by atoms with Crippen molar-refractivity contribution in [2.75, 3.05) is 6.61 Å². The van der Waals surface area contributed by atoms with Crippen LogP contribution in [0.4, 0.5) is 4.79 Å². The molecule has 8 heteroatoms. The average molecular weight is 561 g/mol. The number of carbonyl (C=O) groups is 1. The average Bonchev–Trinajstić information content (AvgIpc) is 3.45. The topological polar surface area (TPSA) is 97.1 Å². The number of fused-ring (bicyclic) bond motifs is 1. The number of aromatic nitrogens is 2. The second-order valence-electron chi connectivity index (χ2n) is 11.2. The molecular weight excluding hydrogens is 523 g/mol. The number of ether oxygens (including phenoxy) is 1. The first-order valence-corrected chi connectivity index (χ1v) is 14.7. The Morgan fingerprint density at radius 3 is 2.60 bits per heavy atom. The Morgan fingerprint density at radius 1 is 1.12 bits per heavy atom. The first-order chi connectivity index (χ1) is 20.3. The fourth-order valence-corrected chi connectivity index (χ4v) is 5.50. The zero-order valence-electron chi connectivity index (χ0n) is 24.8. The van der Waals surface area contributed by atoms with E-state index < -0.39 is 0 Å². The predicted octanol–water partition coefficient (Wildman–Crippen LogP) is 5.56. The molecular formula is C34H37BN4O3. The SMILES string of the molecule is BC(=O)NC(=N)c1ccccc1-c1ccc(Cc2c(CCCC)nc(C(C)C)n(-c3ccc4c(c3)CCO4)c2=O)cc1. The van der Waals surface area contributed by atoms with Gasteiger partial charge in [0.25, 0.3) is 5.56 Å². The first-order valence-electron chi connectivity index (χ1n) is 14.7. The van der Waals surface area contributed by atoms with Gasteiger partial charge in [-0.25, -0.2) is 4.98 Å². The van der Waals surface area contributed by atoms with Crippen LogP contribution in [0.25, 0.3) is 16.8 Å². The lowest BCUT2D eigenvalue weighted by molar-refractivity contribution is 0.263. The molecule has 1 aliphatic rings. The molecule has 0 radical (unpaired) electrons.